The van der Waals surface area contributed by atoms with Crippen LogP contribution in [-0.2, 0) is 0 Å². The number of non-ortho nitro benzene ring substituents is 1. The molecule has 0 radical (unpaired) electrons. The first-order valence-electron chi connectivity index (χ1n) is 8.03. The number of hydrogen-bond acceptors (Lipinski definition) is 3. The summed E-state index contributed by atoms with van der Waals surface area (Å²) in [5, 5.41) is 11.8. The molecule has 0 aliphatic carbocycles. The zero-order valence-corrected chi connectivity index (χ0v) is 14.8. The van der Waals surface area contributed by atoms with Gasteiger partial charge in [-0.25, -0.2) is 9.37 Å². The lowest BCUT2D eigenvalue weighted by Gasteiger charge is -2.11. The second-order valence-corrected chi connectivity index (χ2v) is 5.86. The molecule has 4 rings (SSSR count). The predicted molar refractivity (Wildman–Crippen MR) is 106 cm³/mol. The van der Waals surface area contributed by atoms with Crippen molar-refractivity contribution in [1.29, 1.82) is 0 Å². The molecule has 6 heteroatoms. The Morgan fingerprint density at radius 2 is 1.56 bits per heavy atom. The van der Waals surface area contributed by atoms with Crippen LogP contribution < -0.4 is 0 Å². The maximum atomic E-state index is 14.3. The van der Waals surface area contributed by atoms with Crippen LogP contribution in [0.2, 0.25) is 0 Å². The fraction of sp³-hybridized carbons (Fsp3) is 0. The Kier molecular flexibility index (Phi) is 5.14. The van der Waals surface area contributed by atoms with Gasteiger partial charge in [-0.15, -0.1) is 12.4 Å². The monoisotopic (exact) mass is 380 g/mol. The molecule has 134 valence electrons. The highest BCUT2D eigenvalue weighted by Gasteiger charge is 2.15. The topological polar surface area (TPSA) is 56.0 Å². The molecule has 0 spiro atoms. The molecule has 0 unspecified atom stereocenters. The van der Waals surface area contributed by atoms with Crippen LogP contribution in [-0.4, -0.2) is 9.91 Å². The molecule has 0 saturated carbocycles. The molecule has 0 atom stereocenters. The third-order valence-corrected chi connectivity index (χ3v) is 4.24. The largest absolute Gasteiger partial charge is 0.270 e. The Morgan fingerprint density at radius 1 is 0.852 bits per heavy atom. The number of fused-ring (bicyclic) bond motifs is 1. The number of pyridine rings is 1. The van der Waals surface area contributed by atoms with Crippen LogP contribution in [0.5, 0.6) is 0 Å². The molecule has 1 aromatic heterocycles. The predicted octanol–water partition coefficient (Wildman–Crippen LogP) is 6.04. The highest BCUT2D eigenvalue weighted by Crippen LogP contribution is 2.34. The molecule has 4 aromatic rings. The Bertz CT molecular complexity index is 1130. The summed E-state index contributed by atoms with van der Waals surface area (Å²) in [5.41, 5.74) is 3.12. The average Bonchev–Trinajstić information content (AvgIpc) is 2.67. The molecule has 0 fully saturated rings. The molecule has 0 N–H and O–H groups in total. The van der Waals surface area contributed by atoms with Crippen molar-refractivity contribution in [2.24, 2.45) is 0 Å². The van der Waals surface area contributed by atoms with Crippen LogP contribution in [0.15, 0.2) is 78.9 Å². The van der Waals surface area contributed by atoms with Crippen LogP contribution in [0.4, 0.5) is 10.1 Å². The van der Waals surface area contributed by atoms with Gasteiger partial charge in [0.1, 0.15) is 5.82 Å². The van der Waals surface area contributed by atoms with E-state index < -0.39 is 4.92 Å². The van der Waals surface area contributed by atoms with Crippen molar-refractivity contribution in [3.63, 3.8) is 0 Å². The number of halogens is 2. The summed E-state index contributed by atoms with van der Waals surface area (Å²) in [7, 11) is 0. The smallest absolute Gasteiger partial charge is 0.258 e. The Balaban J connectivity index is 0.00000210. The van der Waals surface area contributed by atoms with E-state index in [0.29, 0.717) is 22.2 Å². The van der Waals surface area contributed by atoms with E-state index in [2.05, 4.69) is 4.98 Å². The molecular weight excluding hydrogens is 367 g/mol. The summed E-state index contributed by atoms with van der Waals surface area (Å²) < 4.78 is 14.3. The maximum absolute atomic E-state index is 14.3. The van der Waals surface area contributed by atoms with Crippen LogP contribution in [0.3, 0.4) is 0 Å². The second kappa shape index (κ2) is 7.51. The van der Waals surface area contributed by atoms with E-state index in [4.69, 9.17) is 0 Å². The minimum absolute atomic E-state index is 0. The molecule has 1 heterocycles. The molecular formula is C21H14ClFN2O2. The molecule has 4 nitrogen and oxygen atoms in total. The quantitative estimate of drug-likeness (QED) is 0.321. The van der Waals surface area contributed by atoms with Gasteiger partial charge in [-0.1, -0.05) is 42.5 Å². The lowest BCUT2D eigenvalue weighted by Crippen LogP contribution is -1.94. The van der Waals surface area contributed by atoms with Crippen LogP contribution in [0.1, 0.15) is 0 Å². The molecule has 0 bridgehead atoms. The zero-order chi connectivity index (χ0) is 18.1. The first kappa shape index (κ1) is 18.5. The van der Waals surface area contributed by atoms with Gasteiger partial charge in [0.05, 0.1) is 16.1 Å². The summed E-state index contributed by atoms with van der Waals surface area (Å²) in [6.07, 6.45) is 0. The van der Waals surface area contributed by atoms with Crippen molar-refractivity contribution in [1.82, 2.24) is 4.98 Å². The summed E-state index contributed by atoms with van der Waals surface area (Å²) in [6, 6.07) is 22.2. The van der Waals surface area contributed by atoms with Gasteiger partial charge >= 0.3 is 0 Å². The molecule has 0 saturated heterocycles. The highest BCUT2D eigenvalue weighted by atomic mass is 35.5. The van der Waals surface area contributed by atoms with Crippen molar-refractivity contribution >= 4 is 29.0 Å². The number of aromatic nitrogens is 1. The highest BCUT2D eigenvalue weighted by molar-refractivity contribution is 5.97. The summed E-state index contributed by atoms with van der Waals surface area (Å²) >= 11 is 0. The van der Waals surface area contributed by atoms with E-state index in [-0.39, 0.29) is 23.9 Å². The SMILES string of the molecule is Cl.O=[N+]([O-])c1ccc2nc(-c3ccccc3F)cc(-c3ccccc3)c2c1. The number of benzene rings is 3. The Labute approximate surface area is 160 Å². The Hall–Kier alpha value is -3.31. The van der Waals surface area contributed by atoms with Crippen molar-refractivity contribution in [3.8, 4) is 22.4 Å². The van der Waals surface area contributed by atoms with Crippen molar-refractivity contribution in [2.45, 2.75) is 0 Å². The van der Waals surface area contributed by atoms with E-state index in [0.717, 1.165) is 11.1 Å². The lowest BCUT2D eigenvalue weighted by atomic mass is 9.98. The molecule has 0 amide bonds. The van der Waals surface area contributed by atoms with Crippen LogP contribution in [0.25, 0.3) is 33.3 Å². The first-order valence-corrected chi connectivity index (χ1v) is 8.03. The second-order valence-electron chi connectivity index (χ2n) is 5.86. The van der Waals surface area contributed by atoms with Crippen molar-refractivity contribution in [3.05, 3.63) is 94.8 Å². The lowest BCUT2D eigenvalue weighted by molar-refractivity contribution is -0.384. The number of hydrogen-bond donors (Lipinski definition) is 0. The van der Waals surface area contributed by atoms with Gasteiger partial charge in [0.2, 0.25) is 0 Å². The van der Waals surface area contributed by atoms with Gasteiger partial charge < -0.3 is 0 Å². The van der Waals surface area contributed by atoms with Crippen molar-refractivity contribution in [2.75, 3.05) is 0 Å². The van der Waals surface area contributed by atoms with Gasteiger partial charge in [-0.3, -0.25) is 10.1 Å². The minimum atomic E-state index is -0.432. The summed E-state index contributed by atoms with van der Waals surface area (Å²) in [6.45, 7) is 0. The molecule has 3 aromatic carbocycles. The fourth-order valence-corrected chi connectivity index (χ4v) is 2.99. The maximum Gasteiger partial charge on any atom is 0.270 e. The molecule has 27 heavy (non-hydrogen) atoms. The third kappa shape index (κ3) is 3.50. The van der Waals surface area contributed by atoms with Crippen LogP contribution >= 0.6 is 12.4 Å². The summed E-state index contributed by atoms with van der Waals surface area (Å²) in [4.78, 5) is 15.3. The standard InChI is InChI=1S/C21H13FN2O2.ClH/c22-19-9-5-4-8-16(19)21-13-17(14-6-2-1-3-7-14)18-12-15(24(25)26)10-11-20(18)23-21;/h1-13H;1H. The molecule has 0 aliphatic heterocycles. The minimum Gasteiger partial charge on any atom is -0.258 e. The first-order chi connectivity index (χ1) is 12.6. The third-order valence-electron chi connectivity index (χ3n) is 4.24. The van der Waals surface area contributed by atoms with Gasteiger partial charge in [-0.05, 0) is 35.4 Å². The Morgan fingerprint density at radius 3 is 2.26 bits per heavy atom. The zero-order valence-electron chi connectivity index (χ0n) is 14.0. The van der Waals surface area contributed by atoms with E-state index in [9.17, 15) is 14.5 Å². The van der Waals surface area contributed by atoms with E-state index in [1.54, 1.807) is 30.3 Å². The van der Waals surface area contributed by atoms with E-state index >= 15 is 0 Å². The van der Waals surface area contributed by atoms with Gasteiger partial charge in [0, 0.05) is 23.1 Å². The van der Waals surface area contributed by atoms with Gasteiger partial charge in [0.15, 0.2) is 0 Å². The average molecular weight is 381 g/mol. The number of nitro groups is 1. The van der Waals surface area contributed by atoms with Gasteiger partial charge in [0.25, 0.3) is 5.69 Å². The van der Waals surface area contributed by atoms with Crippen LogP contribution in [0, 0.1) is 15.9 Å². The number of nitrogens with zero attached hydrogens (tertiary/aromatic N) is 2. The van der Waals surface area contributed by atoms with Crippen molar-refractivity contribution < 1.29 is 9.31 Å². The van der Waals surface area contributed by atoms with Gasteiger partial charge in [-0.2, -0.15) is 0 Å². The molecule has 0 aliphatic rings. The number of rotatable bonds is 3. The normalized spacial score (nSPS) is 10.4. The van der Waals surface area contributed by atoms with E-state index in [1.165, 1.54) is 18.2 Å². The number of nitro benzene ring substituents is 1. The van der Waals surface area contributed by atoms with E-state index in [1.807, 2.05) is 30.3 Å². The fourth-order valence-electron chi connectivity index (χ4n) is 2.99. The summed E-state index contributed by atoms with van der Waals surface area (Å²) in [5.74, 6) is -0.361.